The molecule has 0 saturated heterocycles. The molecule has 100 valence electrons. The molecule has 0 atom stereocenters. The van der Waals surface area contributed by atoms with Crippen molar-refractivity contribution in [3.8, 4) is 11.1 Å². The number of hydrogen-bond donors (Lipinski definition) is 0. The van der Waals surface area contributed by atoms with Crippen molar-refractivity contribution in [1.82, 2.24) is 4.90 Å². The van der Waals surface area contributed by atoms with Gasteiger partial charge >= 0.3 is 0 Å². The summed E-state index contributed by atoms with van der Waals surface area (Å²) in [7, 11) is 8.32. The van der Waals surface area contributed by atoms with Gasteiger partial charge in [-0.1, -0.05) is 36.4 Å². The third kappa shape index (κ3) is 3.58. The zero-order valence-corrected chi connectivity index (χ0v) is 12.2. The number of anilines is 1. The molecule has 0 amide bonds. The van der Waals surface area contributed by atoms with Gasteiger partial charge in [0.15, 0.2) is 0 Å². The summed E-state index contributed by atoms with van der Waals surface area (Å²) in [5.74, 6) is 0. The Bertz CT molecular complexity index is 527. The summed E-state index contributed by atoms with van der Waals surface area (Å²) < 4.78 is 0. The molecule has 0 unspecified atom stereocenters. The summed E-state index contributed by atoms with van der Waals surface area (Å²) in [6.45, 7) is 0.984. The van der Waals surface area contributed by atoms with Gasteiger partial charge in [-0.3, -0.25) is 0 Å². The van der Waals surface area contributed by atoms with Crippen molar-refractivity contribution in [2.75, 3.05) is 33.1 Å². The fraction of sp³-hybridized carbons (Fsp3) is 0.294. The first-order valence-corrected chi connectivity index (χ1v) is 6.57. The molecular formula is C17H22N2. The summed E-state index contributed by atoms with van der Waals surface area (Å²) in [4.78, 5) is 4.31. The largest absolute Gasteiger partial charge is 0.378 e. The molecule has 0 aliphatic carbocycles. The quantitative estimate of drug-likeness (QED) is 0.824. The van der Waals surface area contributed by atoms with Gasteiger partial charge in [0.05, 0.1) is 0 Å². The Morgan fingerprint density at radius 3 is 2.05 bits per heavy atom. The highest BCUT2D eigenvalue weighted by molar-refractivity contribution is 5.68. The lowest BCUT2D eigenvalue weighted by Gasteiger charge is -2.14. The van der Waals surface area contributed by atoms with Crippen molar-refractivity contribution < 1.29 is 0 Å². The van der Waals surface area contributed by atoms with Crippen LogP contribution in [0.3, 0.4) is 0 Å². The Balaban J connectivity index is 2.24. The van der Waals surface area contributed by atoms with Crippen LogP contribution < -0.4 is 4.90 Å². The first kappa shape index (κ1) is 13.6. The number of rotatable bonds is 4. The van der Waals surface area contributed by atoms with E-state index in [1.165, 1.54) is 22.4 Å². The fourth-order valence-corrected chi connectivity index (χ4v) is 2.13. The number of hydrogen-bond acceptors (Lipinski definition) is 2. The molecule has 0 aromatic heterocycles. The van der Waals surface area contributed by atoms with E-state index in [-0.39, 0.29) is 0 Å². The molecule has 0 saturated carbocycles. The van der Waals surface area contributed by atoms with Crippen LogP contribution in [-0.2, 0) is 6.54 Å². The normalized spacial score (nSPS) is 10.8. The summed E-state index contributed by atoms with van der Waals surface area (Å²) in [5, 5.41) is 0. The maximum atomic E-state index is 2.22. The van der Waals surface area contributed by atoms with Crippen LogP contribution in [0.1, 0.15) is 5.56 Å². The lowest BCUT2D eigenvalue weighted by atomic mass is 10.0. The van der Waals surface area contributed by atoms with Gasteiger partial charge in [-0.05, 0) is 42.9 Å². The van der Waals surface area contributed by atoms with E-state index in [2.05, 4.69) is 86.5 Å². The van der Waals surface area contributed by atoms with Gasteiger partial charge in [0.2, 0.25) is 0 Å². The van der Waals surface area contributed by atoms with Crippen molar-refractivity contribution in [2.45, 2.75) is 6.54 Å². The molecule has 0 N–H and O–H groups in total. The predicted molar refractivity (Wildman–Crippen MR) is 83.6 cm³/mol. The van der Waals surface area contributed by atoms with Crippen LogP contribution in [-0.4, -0.2) is 33.1 Å². The lowest BCUT2D eigenvalue weighted by molar-refractivity contribution is 0.402. The van der Waals surface area contributed by atoms with Crippen LogP contribution in [0.2, 0.25) is 0 Å². The molecule has 0 bridgehead atoms. The second-order valence-corrected chi connectivity index (χ2v) is 5.38. The summed E-state index contributed by atoms with van der Waals surface area (Å²) >= 11 is 0. The van der Waals surface area contributed by atoms with E-state index in [9.17, 15) is 0 Å². The van der Waals surface area contributed by atoms with Gasteiger partial charge < -0.3 is 9.80 Å². The SMILES string of the molecule is CN(C)Cc1ccc(-c2cccc(N(C)C)c2)cc1. The Morgan fingerprint density at radius 2 is 1.47 bits per heavy atom. The monoisotopic (exact) mass is 254 g/mol. The molecule has 0 aliphatic heterocycles. The van der Waals surface area contributed by atoms with E-state index in [1.54, 1.807) is 0 Å². The molecule has 2 nitrogen and oxygen atoms in total. The van der Waals surface area contributed by atoms with E-state index in [1.807, 2.05) is 0 Å². The average molecular weight is 254 g/mol. The number of nitrogens with zero attached hydrogens (tertiary/aromatic N) is 2. The van der Waals surface area contributed by atoms with Crippen LogP contribution in [0, 0.1) is 0 Å². The topological polar surface area (TPSA) is 6.48 Å². The third-order valence-corrected chi connectivity index (χ3v) is 3.15. The molecule has 19 heavy (non-hydrogen) atoms. The van der Waals surface area contributed by atoms with E-state index >= 15 is 0 Å². The van der Waals surface area contributed by atoms with Crippen LogP contribution in [0.4, 0.5) is 5.69 Å². The molecule has 2 heteroatoms. The maximum Gasteiger partial charge on any atom is 0.0367 e. The summed E-state index contributed by atoms with van der Waals surface area (Å²) in [6.07, 6.45) is 0. The molecule has 2 rings (SSSR count). The second-order valence-electron chi connectivity index (χ2n) is 5.38. The zero-order chi connectivity index (χ0) is 13.8. The highest BCUT2D eigenvalue weighted by Gasteiger charge is 2.01. The Kier molecular flexibility index (Phi) is 4.23. The van der Waals surface area contributed by atoms with E-state index in [0.29, 0.717) is 0 Å². The standard InChI is InChI=1S/C17H22N2/c1-18(2)13-14-8-10-15(11-9-14)16-6-5-7-17(12-16)19(3)4/h5-12H,13H2,1-4H3. The molecular weight excluding hydrogens is 232 g/mol. The molecule has 2 aromatic carbocycles. The Hall–Kier alpha value is -1.80. The van der Waals surface area contributed by atoms with Crippen molar-refractivity contribution >= 4 is 5.69 Å². The Labute approximate surface area is 116 Å². The smallest absolute Gasteiger partial charge is 0.0367 e. The Morgan fingerprint density at radius 1 is 0.789 bits per heavy atom. The van der Waals surface area contributed by atoms with Gasteiger partial charge in [-0.2, -0.15) is 0 Å². The summed E-state index contributed by atoms with van der Waals surface area (Å²) in [6, 6.07) is 17.4. The van der Waals surface area contributed by atoms with Crippen molar-refractivity contribution in [3.63, 3.8) is 0 Å². The van der Waals surface area contributed by atoms with Crippen LogP contribution >= 0.6 is 0 Å². The number of benzene rings is 2. The van der Waals surface area contributed by atoms with Crippen molar-refractivity contribution in [2.24, 2.45) is 0 Å². The minimum Gasteiger partial charge on any atom is -0.378 e. The van der Waals surface area contributed by atoms with Gasteiger partial charge in [0.25, 0.3) is 0 Å². The second kappa shape index (κ2) is 5.89. The highest BCUT2D eigenvalue weighted by Crippen LogP contribution is 2.24. The summed E-state index contributed by atoms with van der Waals surface area (Å²) in [5.41, 5.74) is 5.11. The maximum absolute atomic E-state index is 2.22. The third-order valence-electron chi connectivity index (χ3n) is 3.15. The highest BCUT2D eigenvalue weighted by atomic mass is 15.1. The zero-order valence-electron chi connectivity index (χ0n) is 12.2. The minimum absolute atomic E-state index is 0.984. The van der Waals surface area contributed by atoms with E-state index in [4.69, 9.17) is 0 Å². The van der Waals surface area contributed by atoms with Crippen LogP contribution in [0.15, 0.2) is 48.5 Å². The van der Waals surface area contributed by atoms with Crippen LogP contribution in [0.5, 0.6) is 0 Å². The van der Waals surface area contributed by atoms with Gasteiger partial charge in [0.1, 0.15) is 0 Å². The van der Waals surface area contributed by atoms with Gasteiger partial charge in [0, 0.05) is 26.3 Å². The molecule has 0 heterocycles. The minimum atomic E-state index is 0.984. The average Bonchev–Trinajstić information content (AvgIpc) is 2.39. The molecule has 0 fully saturated rings. The predicted octanol–water partition coefficient (Wildman–Crippen LogP) is 3.48. The van der Waals surface area contributed by atoms with E-state index < -0.39 is 0 Å². The van der Waals surface area contributed by atoms with Gasteiger partial charge in [-0.15, -0.1) is 0 Å². The molecule has 0 aliphatic rings. The molecule has 0 radical (unpaired) electrons. The fourth-order valence-electron chi connectivity index (χ4n) is 2.13. The molecule has 0 spiro atoms. The van der Waals surface area contributed by atoms with Crippen molar-refractivity contribution in [1.29, 1.82) is 0 Å². The molecule has 2 aromatic rings. The first-order chi connectivity index (χ1) is 9.06. The lowest BCUT2D eigenvalue weighted by Crippen LogP contribution is -2.10. The van der Waals surface area contributed by atoms with Crippen LogP contribution in [0.25, 0.3) is 11.1 Å². The first-order valence-electron chi connectivity index (χ1n) is 6.57. The van der Waals surface area contributed by atoms with Gasteiger partial charge in [-0.25, -0.2) is 0 Å². The van der Waals surface area contributed by atoms with Crippen molar-refractivity contribution in [3.05, 3.63) is 54.1 Å². The van der Waals surface area contributed by atoms with E-state index in [0.717, 1.165) is 6.54 Å².